The first kappa shape index (κ1) is 12.4. The molecule has 0 aliphatic heterocycles. The summed E-state index contributed by atoms with van der Waals surface area (Å²) in [5, 5.41) is 4.00. The average molecular weight is 250 g/mol. The van der Waals surface area contributed by atoms with E-state index in [1.807, 2.05) is 6.92 Å². The fraction of sp³-hybridized carbons (Fsp3) is 0.231. The predicted molar refractivity (Wildman–Crippen MR) is 62.3 cm³/mol. The van der Waals surface area contributed by atoms with Crippen molar-refractivity contribution in [3.63, 3.8) is 0 Å². The van der Waals surface area contributed by atoms with Crippen molar-refractivity contribution in [1.82, 2.24) is 9.78 Å². The van der Waals surface area contributed by atoms with Gasteiger partial charge in [-0.3, -0.25) is 9.48 Å². The maximum atomic E-state index is 13.4. The maximum absolute atomic E-state index is 13.4. The number of hydrogen-bond acceptors (Lipinski definition) is 2. The number of hydrogen-bond donors (Lipinski definition) is 0. The lowest BCUT2D eigenvalue weighted by atomic mass is 10.0. The summed E-state index contributed by atoms with van der Waals surface area (Å²) < 4.78 is 28.4. The second kappa shape index (κ2) is 5.08. The molecule has 0 bridgehead atoms. The molecule has 18 heavy (non-hydrogen) atoms. The van der Waals surface area contributed by atoms with Gasteiger partial charge in [0.15, 0.2) is 5.78 Å². The molecule has 0 unspecified atom stereocenters. The number of carbonyl (C=O) groups is 1. The Morgan fingerprint density at radius 1 is 1.33 bits per heavy atom. The van der Waals surface area contributed by atoms with Gasteiger partial charge in [0.2, 0.25) is 0 Å². The van der Waals surface area contributed by atoms with Gasteiger partial charge in [0.25, 0.3) is 0 Å². The minimum Gasteiger partial charge on any atom is -0.294 e. The second-order valence-electron chi connectivity index (χ2n) is 3.90. The molecule has 0 amide bonds. The van der Waals surface area contributed by atoms with Gasteiger partial charge >= 0.3 is 0 Å². The van der Waals surface area contributed by atoms with Gasteiger partial charge in [-0.2, -0.15) is 5.10 Å². The highest BCUT2D eigenvalue weighted by Crippen LogP contribution is 2.15. The van der Waals surface area contributed by atoms with Crippen LogP contribution in [0.1, 0.15) is 22.8 Å². The zero-order chi connectivity index (χ0) is 13.1. The Kier molecular flexibility index (Phi) is 3.50. The molecule has 0 aliphatic carbocycles. The van der Waals surface area contributed by atoms with Crippen LogP contribution in [0.2, 0.25) is 0 Å². The molecule has 5 heteroatoms. The standard InChI is InChI=1S/C13H12F2N2O/c1-2-17-8-9(7-16-17)6-12(18)13-10(14)4-3-5-11(13)15/h3-5,7-8H,2,6H2,1H3. The Bertz CT molecular complexity index is 558. The van der Waals surface area contributed by atoms with Gasteiger partial charge in [0.1, 0.15) is 11.6 Å². The molecular formula is C13H12F2N2O. The van der Waals surface area contributed by atoms with Gasteiger partial charge in [0.05, 0.1) is 11.8 Å². The predicted octanol–water partition coefficient (Wildman–Crippen LogP) is 2.61. The molecule has 0 radical (unpaired) electrons. The number of aryl methyl sites for hydroxylation is 1. The normalized spacial score (nSPS) is 10.6. The summed E-state index contributed by atoms with van der Waals surface area (Å²) in [6, 6.07) is 3.38. The third-order valence-corrected chi connectivity index (χ3v) is 2.62. The Morgan fingerprint density at radius 2 is 2.00 bits per heavy atom. The summed E-state index contributed by atoms with van der Waals surface area (Å²) >= 11 is 0. The zero-order valence-corrected chi connectivity index (χ0v) is 9.86. The first-order valence-corrected chi connectivity index (χ1v) is 5.60. The van der Waals surface area contributed by atoms with Crippen molar-refractivity contribution in [3.05, 3.63) is 53.4 Å². The summed E-state index contributed by atoms with van der Waals surface area (Å²) in [4.78, 5) is 11.8. The first-order valence-electron chi connectivity index (χ1n) is 5.60. The van der Waals surface area contributed by atoms with Crippen LogP contribution in [0, 0.1) is 11.6 Å². The number of Topliss-reactive ketones (excluding diaryl/α,β-unsaturated/α-hetero) is 1. The Balaban J connectivity index is 2.22. The van der Waals surface area contributed by atoms with Crippen molar-refractivity contribution in [2.75, 3.05) is 0 Å². The third-order valence-electron chi connectivity index (χ3n) is 2.62. The van der Waals surface area contributed by atoms with E-state index < -0.39 is 23.0 Å². The lowest BCUT2D eigenvalue weighted by Gasteiger charge is -2.02. The van der Waals surface area contributed by atoms with E-state index in [2.05, 4.69) is 5.10 Å². The second-order valence-corrected chi connectivity index (χ2v) is 3.90. The molecule has 3 nitrogen and oxygen atoms in total. The van der Waals surface area contributed by atoms with Crippen molar-refractivity contribution in [2.24, 2.45) is 0 Å². The van der Waals surface area contributed by atoms with Crippen molar-refractivity contribution >= 4 is 5.78 Å². The van der Waals surface area contributed by atoms with Crippen LogP contribution in [-0.4, -0.2) is 15.6 Å². The van der Waals surface area contributed by atoms with E-state index in [0.717, 1.165) is 12.1 Å². The highest BCUT2D eigenvalue weighted by Gasteiger charge is 2.17. The van der Waals surface area contributed by atoms with Crippen LogP contribution in [0.4, 0.5) is 8.78 Å². The molecule has 1 aromatic heterocycles. The molecular weight excluding hydrogens is 238 g/mol. The van der Waals surface area contributed by atoms with Crippen LogP contribution >= 0.6 is 0 Å². The van der Waals surface area contributed by atoms with E-state index in [9.17, 15) is 13.6 Å². The molecule has 0 N–H and O–H groups in total. The topological polar surface area (TPSA) is 34.9 Å². The van der Waals surface area contributed by atoms with Gasteiger partial charge in [-0.25, -0.2) is 8.78 Å². The smallest absolute Gasteiger partial charge is 0.173 e. The summed E-state index contributed by atoms with van der Waals surface area (Å²) in [6.45, 7) is 2.59. The molecule has 0 aliphatic rings. The number of carbonyl (C=O) groups excluding carboxylic acids is 1. The summed E-state index contributed by atoms with van der Waals surface area (Å²) in [5.41, 5.74) is 0.159. The summed E-state index contributed by atoms with van der Waals surface area (Å²) in [5.74, 6) is -2.24. The van der Waals surface area contributed by atoms with Crippen LogP contribution in [-0.2, 0) is 13.0 Å². The molecule has 0 spiro atoms. The monoisotopic (exact) mass is 250 g/mol. The molecule has 2 aromatic rings. The molecule has 1 aromatic carbocycles. The minimum absolute atomic E-state index is 0.0577. The number of nitrogens with zero attached hydrogens (tertiary/aromatic N) is 2. The van der Waals surface area contributed by atoms with Crippen LogP contribution in [0.3, 0.4) is 0 Å². The van der Waals surface area contributed by atoms with Gasteiger partial charge in [-0.1, -0.05) is 6.07 Å². The fourth-order valence-electron chi connectivity index (χ4n) is 1.71. The number of aromatic nitrogens is 2. The Labute approximate surface area is 103 Å². The van der Waals surface area contributed by atoms with Gasteiger partial charge < -0.3 is 0 Å². The number of rotatable bonds is 4. The van der Waals surface area contributed by atoms with Crippen LogP contribution in [0.15, 0.2) is 30.6 Å². The van der Waals surface area contributed by atoms with Crippen LogP contribution < -0.4 is 0 Å². The quantitative estimate of drug-likeness (QED) is 0.782. The van der Waals surface area contributed by atoms with E-state index in [-0.39, 0.29) is 6.42 Å². The van der Waals surface area contributed by atoms with Crippen molar-refractivity contribution in [3.8, 4) is 0 Å². The molecule has 1 heterocycles. The number of ketones is 1. The fourth-order valence-corrected chi connectivity index (χ4v) is 1.71. The van der Waals surface area contributed by atoms with Crippen LogP contribution in [0.5, 0.6) is 0 Å². The largest absolute Gasteiger partial charge is 0.294 e. The van der Waals surface area contributed by atoms with E-state index in [1.165, 1.54) is 12.3 Å². The van der Waals surface area contributed by atoms with Crippen molar-refractivity contribution in [1.29, 1.82) is 0 Å². The molecule has 94 valence electrons. The van der Waals surface area contributed by atoms with Crippen molar-refractivity contribution < 1.29 is 13.6 Å². The SMILES string of the molecule is CCn1cc(CC(=O)c2c(F)cccc2F)cn1. The van der Waals surface area contributed by atoms with E-state index >= 15 is 0 Å². The lowest BCUT2D eigenvalue weighted by Crippen LogP contribution is -2.08. The average Bonchev–Trinajstić information content (AvgIpc) is 2.76. The molecule has 0 atom stereocenters. The number of halogens is 2. The van der Waals surface area contributed by atoms with E-state index in [1.54, 1.807) is 10.9 Å². The van der Waals surface area contributed by atoms with Gasteiger partial charge in [0, 0.05) is 19.2 Å². The summed E-state index contributed by atoms with van der Waals surface area (Å²) in [6.07, 6.45) is 3.16. The molecule has 0 saturated heterocycles. The van der Waals surface area contributed by atoms with Crippen LogP contribution in [0.25, 0.3) is 0 Å². The minimum atomic E-state index is -0.831. The lowest BCUT2D eigenvalue weighted by molar-refractivity contribution is 0.0985. The van der Waals surface area contributed by atoms with Crippen molar-refractivity contribution in [2.45, 2.75) is 19.9 Å². The maximum Gasteiger partial charge on any atom is 0.173 e. The summed E-state index contributed by atoms with van der Waals surface area (Å²) in [7, 11) is 0. The zero-order valence-electron chi connectivity index (χ0n) is 9.86. The van der Waals surface area contributed by atoms with E-state index in [0.29, 0.717) is 12.1 Å². The van der Waals surface area contributed by atoms with Gasteiger partial charge in [-0.15, -0.1) is 0 Å². The molecule has 0 saturated carbocycles. The Hall–Kier alpha value is -2.04. The Morgan fingerprint density at radius 3 is 2.56 bits per heavy atom. The first-order chi connectivity index (χ1) is 8.61. The van der Waals surface area contributed by atoms with Gasteiger partial charge in [-0.05, 0) is 24.6 Å². The molecule has 0 fully saturated rings. The third kappa shape index (κ3) is 2.45. The number of benzene rings is 1. The molecule has 2 rings (SSSR count). The highest BCUT2D eigenvalue weighted by atomic mass is 19.1. The highest BCUT2D eigenvalue weighted by molar-refractivity contribution is 5.97. The van der Waals surface area contributed by atoms with E-state index in [4.69, 9.17) is 0 Å².